The van der Waals surface area contributed by atoms with Crippen LogP contribution in [0.2, 0.25) is 0 Å². The van der Waals surface area contributed by atoms with E-state index in [-0.39, 0.29) is 5.92 Å². The van der Waals surface area contributed by atoms with Gasteiger partial charge in [0, 0.05) is 27.8 Å². The van der Waals surface area contributed by atoms with Crippen molar-refractivity contribution in [3.05, 3.63) is 223 Å². The summed E-state index contributed by atoms with van der Waals surface area (Å²) in [5, 5.41) is 4.62. The smallest absolute Gasteiger partial charge is 0.168 e. The van der Waals surface area contributed by atoms with E-state index < -0.39 is 0 Å². The molecule has 1 atom stereocenters. The van der Waals surface area contributed by atoms with Crippen molar-refractivity contribution in [2.75, 3.05) is 0 Å². The van der Waals surface area contributed by atoms with Gasteiger partial charge in [-0.2, -0.15) is 0 Å². The summed E-state index contributed by atoms with van der Waals surface area (Å²) in [5.74, 6) is 1.82. The monoisotopic (exact) mass is 793 g/mol. The summed E-state index contributed by atoms with van der Waals surface area (Å²) in [6.07, 6.45) is 1.83. The molecular formula is C58H39N3O. The Labute approximate surface area is 359 Å². The predicted molar refractivity (Wildman–Crippen MR) is 254 cm³/mol. The molecule has 1 aliphatic rings. The number of fused-ring (bicyclic) bond motifs is 7. The first kappa shape index (κ1) is 35.9. The summed E-state index contributed by atoms with van der Waals surface area (Å²) in [6.45, 7) is 0. The Hall–Kier alpha value is -7.95. The second-order valence-corrected chi connectivity index (χ2v) is 16.2. The molecule has 4 heteroatoms. The maximum Gasteiger partial charge on any atom is 0.168 e. The Balaban J connectivity index is 1.11. The standard InChI is InChI=1S/C58H39N3O/c1-3-15-37(16-4-1)39-21-13-23-44(34-39)56-59-57(45-24-14-22-40(35-45)38-17-5-2-6-18-38)61-58(60-56)54-50(31-32-51-49-27-11-12-28-53(49)62-55(51)54)48-30-29-43-33-41-19-7-8-20-42(41)36-52(43)47-26-10-9-25-46(47)48/h1-28,31-36,48H,29-30H2. The molecule has 0 radical (unpaired) electrons. The summed E-state index contributed by atoms with van der Waals surface area (Å²) in [5.41, 5.74) is 15.2. The number of benzene rings is 9. The first-order valence-electron chi connectivity index (χ1n) is 21.4. The number of aryl methyl sites for hydroxylation is 1. The summed E-state index contributed by atoms with van der Waals surface area (Å²) >= 11 is 0. The van der Waals surface area contributed by atoms with Crippen molar-refractivity contribution < 1.29 is 4.42 Å². The number of aromatic nitrogens is 3. The molecule has 62 heavy (non-hydrogen) atoms. The fraction of sp³-hybridized carbons (Fsp3) is 0.0517. The molecular weight excluding hydrogens is 755 g/mol. The van der Waals surface area contributed by atoms with Gasteiger partial charge < -0.3 is 4.42 Å². The molecule has 0 aliphatic heterocycles. The Morgan fingerprint density at radius 2 is 0.952 bits per heavy atom. The Morgan fingerprint density at radius 3 is 1.66 bits per heavy atom. The van der Waals surface area contributed by atoms with E-state index in [1.807, 2.05) is 18.2 Å². The average Bonchev–Trinajstić information content (AvgIpc) is 3.65. The Bertz CT molecular complexity index is 3380. The van der Waals surface area contributed by atoms with Gasteiger partial charge in [-0.05, 0) is 98.0 Å². The minimum Gasteiger partial charge on any atom is -0.455 e. The summed E-state index contributed by atoms with van der Waals surface area (Å²) < 4.78 is 6.95. The van der Waals surface area contributed by atoms with Crippen LogP contribution in [0.1, 0.15) is 29.0 Å². The highest BCUT2D eigenvalue weighted by Gasteiger charge is 2.30. The molecule has 0 fully saturated rings. The number of furan rings is 1. The lowest BCUT2D eigenvalue weighted by molar-refractivity contribution is 0.666. The molecule has 1 unspecified atom stereocenters. The molecule has 0 spiro atoms. The molecule has 4 nitrogen and oxygen atoms in total. The molecule has 0 saturated carbocycles. The Morgan fingerprint density at radius 1 is 0.387 bits per heavy atom. The van der Waals surface area contributed by atoms with Gasteiger partial charge in [-0.15, -0.1) is 0 Å². The minimum atomic E-state index is 0.0285. The molecule has 11 aromatic rings. The van der Waals surface area contributed by atoms with E-state index in [1.165, 1.54) is 33.0 Å². The zero-order valence-electron chi connectivity index (χ0n) is 33.9. The van der Waals surface area contributed by atoms with Gasteiger partial charge in [-0.25, -0.2) is 15.0 Å². The number of rotatable bonds is 6. The largest absolute Gasteiger partial charge is 0.455 e. The van der Waals surface area contributed by atoms with Gasteiger partial charge in [0.05, 0.1) is 5.56 Å². The summed E-state index contributed by atoms with van der Waals surface area (Å²) in [4.78, 5) is 16.2. The van der Waals surface area contributed by atoms with Gasteiger partial charge in [-0.1, -0.05) is 182 Å². The van der Waals surface area contributed by atoms with Crippen molar-refractivity contribution in [3.63, 3.8) is 0 Å². The molecule has 1 aliphatic carbocycles. The highest BCUT2D eigenvalue weighted by atomic mass is 16.3. The molecule has 0 bridgehead atoms. The van der Waals surface area contributed by atoms with E-state index in [0.717, 1.165) is 79.3 Å². The van der Waals surface area contributed by atoms with Gasteiger partial charge in [0.2, 0.25) is 0 Å². The summed E-state index contributed by atoms with van der Waals surface area (Å²) in [7, 11) is 0. The first-order valence-corrected chi connectivity index (χ1v) is 21.4. The highest BCUT2D eigenvalue weighted by Crippen LogP contribution is 2.48. The third-order valence-electron chi connectivity index (χ3n) is 12.6. The Kier molecular flexibility index (Phi) is 8.67. The fourth-order valence-corrected chi connectivity index (χ4v) is 9.58. The van der Waals surface area contributed by atoms with Crippen LogP contribution in [0.5, 0.6) is 0 Å². The quantitative estimate of drug-likeness (QED) is 0.168. The maximum absolute atomic E-state index is 6.95. The van der Waals surface area contributed by atoms with E-state index >= 15 is 0 Å². The topological polar surface area (TPSA) is 51.8 Å². The maximum atomic E-state index is 6.95. The molecule has 12 rings (SSSR count). The van der Waals surface area contributed by atoms with Crippen LogP contribution in [0.3, 0.4) is 0 Å². The van der Waals surface area contributed by atoms with Gasteiger partial charge >= 0.3 is 0 Å². The van der Waals surface area contributed by atoms with Crippen LogP contribution in [0, 0.1) is 0 Å². The van der Waals surface area contributed by atoms with Crippen molar-refractivity contribution >= 4 is 32.7 Å². The molecule has 9 aromatic carbocycles. The van der Waals surface area contributed by atoms with E-state index in [4.69, 9.17) is 19.4 Å². The summed E-state index contributed by atoms with van der Waals surface area (Å²) in [6, 6.07) is 73.2. The van der Waals surface area contributed by atoms with Crippen LogP contribution in [0.15, 0.2) is 211 Å². The lowest BCUT2D eigenvalue weighted by atomic mass is 9.82. The van der Waals surface area contributed by atoms with E-state index in [0.29, 0.717) is 17.5 Å². The van der Waals surface area contributed by atoms with Gasteiger partial charge in [0.15, 0.2) is 17.5 Å². The predicted octanol–water partition coefficient (Wildman–Crippen LogP) is 15.0. The van der Waals surface area contributed by atoms with E-state index in [2.05, 4.69) is 188 Å². The van der Waals surface area contributed by atoms with Crippen molar-refractivity contribution in [2.24, 2.45) is 0 Å². The minimum absolute atomic E-state index is 0.0285. The SMILES string of the molecule is c1ccc(-c2cccc(-c3nc(-c4cccc(-c5ccccc5)c4)nc(-c4c(C5CCc6cc7ccccc7cc6-c6ccccc65)ccc5c4oc4ccccc45)n3)c2)cc1. The third-order valence-corrected chi connectivity index (χ3v) is 12.6. The molecule has 0 saturated heterocycles. The molecule has 0 amide bonds. The lowest BCUT2D eigenvalue weighted by Gasteiger charge is -2.22. The normalized spacial score (nSPS) is 13.5. The van der Waals surface area contributed by atoms with Crippen LogP contribution in [0.25, 0.3) is 100 Å². The van der Waals surface area contributed by atoms with Crippen LogP contribution >= 0.6 is 0 Å². The first-order chi connectivity index (χ1) is 30.7. The fourth-order valence-electron chi connectivity index (χ4n) is 9.58. The average molecular weight is 794 g/mol. The van der Waals surface area contributed by atoms with Gasteiger partial charge in [0.1, 0.15) is 11.2 Å². The molecule has 2 aromatic heterocycles. The van der Waals surface area contributed by atoms with Crippen LogP contribution < -0.4 is 0 Å². The highest BCUT2D eigenvalue weighted by molar-refractivity contribution is 6.10. The molecule has 0 N–H and O–H groups in total. The number of nitrogens with zero attached hydrogens (tertiary/aromatic N) is 3. The number of hydrogen-bond acceptors (Lipinski definition) is 4. The van der Waals surface area contributed by atoms with Crippen LogP contribution in [-0.2, 0) is 6.42 Å². The van der Waals surface area contributed by atoms with Crippen molar-refractivity contribution in [1.29, 1.82) is 0 Å². The van der Waals surface area contributed by atoms with Crippen LogP contribution in [0.4, 0.5) is 0 Å². The zero-order valence-corrected chi connectivity index (χ0v) is 33.9. The van der Waals surface area contributed by atoms with E-state index in [9.17, 15) is 0 Å². The zero-order chi connectivity index (χ0) is 41.0. The third kappa shape index (κ3) is 6.27. The van der Waals surface area contributed by atoms with Crippen molar-refractivity contribution in [2.45, 2.75) is 18.8 Å². The van der Waals surface area contributed by atoms with Gasteiger partial charge in [-0.3, -0.25) is 0 Å². The second-order valence-electron chi connectivity index (χ2n) is 16.2. The molecule has 2 heterocycles. The lowest BCUT2D eigenvalue weighted by Crippen LogP contribution is -2.07. The second kappa shape index (κ2) is 14.9. The van der Waals surface area contributed by atoms with E-state index in [1.54, 1.807) is 0 Å². The van der Waals surface area contributed by atoms with Crippen molar-refractivity contribution in [3.8, 4) is 67.5 Å². The van der Waals surface area contributed by atoms with Crippen molar-refractivity contribution in [1.82, 2.24) is 15.0 Å². The number of hydrogen-bond donors (Lipinski definition) is 0. The van der Waals surface area contributed by atoms with Crippen LogP contribution in [-0.4, -0.2) is 15.0 Å². The van der Waals surface area contributed by atoms with Gasteiger partial charge in [0.25, 0.3) is 0 Å². The number of para-hydroxylation sites is 1. The molecule has 292 valence electrons.